The van der Waals surface area contributed by atoms with Crippen molar-refractivity contribution in [1.29, 1.82) is 0 Å². The largest absolute Gasteiger partial charge is 0.340 e. The van der Waals surface area contributed by atoms with Crippen LogP contribution >= 0.6 is 0 Å². The van der Waals surface area contributed by atoms with Gasteiger partial charge in [0, 0.05) is 26.7 Å². The van der Waals surface area contributed by atoms with E-state index >= 15 is 0 Å². The molecule has 1 aliphatic heterocycles. The summed E-state index contributed by atoms with van der Waals surface area (Å²) in [6.45, 7) is 7.47. The average Bonchev–Trinajstić information content (AvgIpc) is 2.70. The minimum Gasteiger partial charge on any atom is -0.340 e. The van der Waals surface area contributed by atoms with Crippen molar-refractivity contribution in [2.24, 2.45) is 5.92 Å². The van der Waals surface area contributed by atoms with Crippen LogP contribution < -0.4 is 5.32 Å². The summed E-state index contributed by atoms with van der Waals surface area (Å²) >= 11 is 0. The van der Waals surface area contributed by atoms with Crippen molar-refractivity contribution in [2.75, 3.05) is 20.1 Å². The fourth-order valence-electron chi connectivity index (χ4n) is 2.19. The molecule has 1 aromatic heterocycles. The van der Waals surface area contributed by atoms with Crippen LogP contribution in [0.4, 0.5) is 0 Å². The summed E-state index contributed by atoms with van der Waals surface area (Å²) in [5.41, 5.74) is 0.713. The summed E-state index contributed by atoms with van der Waals surface area (Å²) < 4.78 is 2.02. The van der Waals surface area contributed by atoms with Gasteiger partial charge in [-0.3, -0.25) is 4.79 Å². The summed E-state index contributed by atoms with van der Waals surface area (Å²) in [7, 11) is 1.85. The van der Waals surface area contributed by atoms with E-state index in [1.54, 1.807) is 11.1 Å². The molecule has 0 spiro atoms. The third kappa shape index (κ3) is 2.49. The standard InChI is InChI=1S/C12H20N4O/c1-9(2)8-15(3)12(17)10-6-14-11-7-13-4-5-16(10)11/h6,9,13H,4-5,7-8H2,1-3H3. The van der Waals surface area contributed by atoms with Gasteiger partial charge in [0.2, 0.25) is 0 Å². The Kier molecular flexibility index (Phi) is 3.47. The lowest BCUT2D eigenvalue weighted by Gasteiger charge is -2.22. The Labute approximate surface area is 102 Å². The van der Waals surface area contributed by atoms with Gasteiger partial charge in [0.05, 0.1) is 12.7 Å². The zero-order valence-electron chi connectivity index (χ0n) is 10.7. The number of carbonyl (C=O) groups excluding carboxylic acids is 1. The molecule has 5 nitrogen and oxygen atoms in total. The number of imidazole rings is 1. The van der Waals surface area contributed by atoms with Gasteiger partial charge in [-0.25, -0.2) is 4.98 Å². The molecule has 0 bridgehead atoms. The van der Waals surface area contributed by atoms with E-state index in [0.717, 1.165) is 32.0 Å². The Morgan fingerprint density at radius 3 is 3.12 bits per heavy atom. The highest BCUT2D eigenvalue weighted by atomic mass is 16.2. The number of carbonyl (C=O) groups is 1. The molecule has 0 unspecified atom stereocenters. The number of fused-ring (bicyclic) bond motifs is 1. The predicted octanol–water partition coefficient (Wildman–Crippen LogP) is 0.714. The first-order valence-corrected chi connectivity index (χ1v) is 6.10. The van der Waals surface area contributed by atoms with Gasteiger partial charge in [0.25, 0.3) is 5.91 Å². The van der Waals surface area contributed by atoms with E-state index in [9.17, 15) is 4.79 Å². The van der Waals surface area contributed by atoms with Crippen LogP contribution in [0.2, 0.25) is 0 Å². The lowest BCUT2D eigenvalue weighted by atomic mass is 10.2. The van der Waals surface area contributed by atoms with E-state index in [1.165, 1.54) is 0 Å². The maximum absolute atomic E-state index is 12.3. The van der Waals surface area contributed by atoms with Crippen molar-refractivity contribution >= 4 is 5.91 Å². The smallest absolute Gasteiger partial charge is 0.271 e. The summed E-state index contributed by atoms with van der Waals surface area (Å²) in [5.74, 6) is 1.51. The number of nitrogens with one attached hydrogen (secondary N) is 1. The molecule has 1 amide bonds. The quantitative estimate of drug-likeness (QED) is 0.841. The van der Waals surface area contributed by atoms with Gasteiger partial charge in [-0.2, -0.15) is 0 Å². The van der Waals surface area contributed by atoms with E-state index in [2.05, 4.69) is 24.1 Å². The van der Waals surface area contributed by atoms with Crippen LogP contribution in [-0.4, -0.2) is 40.5 Å². The van der Waals surface area contributed by atoms with Crippen LogP contribution in [0.25, 0.3) is 0 Å². The summed E-state index contributed by atoms with van der Waals surface area (Å²) in [6, 6.07) is 0. The van der Waals surface area contributed by atoms with Crippen molar-refractivity contribution in [3.05, 3.63) is 17.7 Å². The van der Waals surface area contributed by atoms with Gasteiger partial charge in [-0.15, -0.1) is 0 Å². The third-order valence-electron chi connectivity index (χ3n) is 2.94. The minimum atomic E-state index is 0.0688. The molecule has 0 aliphatic carbocycles. The second kappa shape index (κ2) is 4.87. The number of rotatable bonds is 3. The SMILES string of the molecule is CC(C)CN(C)C(=O)c1cnc2n1CCNC2. The second-order valence-electron chi connectivity index (χ2n) is 4.97. The molecule has 0 radical (unpaired) electrons. The molecule has 94 valence electrons. The molecule has 0 saturated heterocycles. The molecular weight excluding hydrogens is 216 g/mol. The normalized spacial score (nSPS) is 14.8. The van der Waals surface area contributed by atoms with Gasteiger partial charge in [-0.05, 0) is 5.92 Å². The topological polar surface area (TPSA) is 50.2 Å². The van der Waals surface area contributed by atoms with Crippen LogP contribution in [0.3, 0.4) is 0 Å². The lowest BCUT2D eigenvalue weighted by molar-refractivity contribution is 0.0767. The lowest BCUT2D eigenvalue weighted by Crippen LogP contribution is -2.35. The van der Waals surface area contributed by atoms with Crippen molar-refractivity contribution in [3.8, 4) is 0 Å². The zero-order chi connectivity index (χ0) is 12.4. The van der Waals surface area contributed by atoms with Crippen molar-refractivity contribution in [3.63, 3.8) is 0 Å². The zero-order valence-corrected chi connectivity index (χ0v) is 10.7. The molecule has 0 saturated carbocycles. The Balaban J connectivity index is 2.16. The number of aromatic nitrogens is 2. The molecule has 5 heteroatoms. The van der Waals surface area contributed by atoms with Gasteiger partial charge < -0.3 is 14.8 Å². The second-order valence-corrected chi connectivity index (χ2v) is 4.97. The highest BCUT2D eigenvalue weighted by Crippen LogP contribution is 2.11. The Bertz CT molecular complexity index is 411. The molecule has 0 atom stereocenters. The first kappa shape index (κ1) is 12.1. The first-order valence-electron chi connectivity index (χ1n) is 6.10. The van der Waals surface area contributed by atoms with E-state index in [1.807, 2.05) is 11.6 Å². The highest BCUT2D eigenvalue weighted by molar-refractivity contribution is 5.92. The number of hydrogen-bond donors (Lipinski definition) is 1. The molecule has 0 fully saturated rings. The molecule has 1 aromatic rings. The Morgan fingerprint density at radius 1 is 1.65 bits per heavy atom. The van der Waals surface area contributed by atoms with Crippen LogP contribution in [0.1, 0.15) is 30.2 Å². The van der Waals surface area contributed by atoms with Gasteiger partial charge in [0.15, 0.2) is 0 Å². The van der Waals surface area contributed by atoms with Gasteiger partial charge in [0.1, 0.15) is 11.5 Å². The molecule has 17 heavy (non-hydrogen) atoms. The van der Waals surface area contributed by atoms with Crippen LogP contribution in [-0.2, 0) is 13.1 Å². The van der Waals surface area contributed by atoms with Crippen LogP contribution in [0.15, 0.2) is 6.20 Å². The molecule has 2 heterocycles. The minimum absolute atomic E-state index is 0.0688. The molecular formula is C12H20N4O. The fraction of sp³-hybridized carbons (Fsp3) is 0.667. The molecule has 2 rings (SSSR count). The van der Waals surface area contributed by atoms with Crippen LogP contribution in [0.5, 0.6) is 0 Å². The fourth-order valence-corrected chi connectivity index (χ4v) is 2.19. The number of hydrogen-bond acceptors (Lipinski definition) is 3. The van der Waals surface area contributed by atoms with Crippen molar-refractivity contribution in [1.82, 2.24) is 19.8 Å². The monoisotopic (exact) mass is 236 g/mol. The average molecular weight is 236 g/mol. The molecule has 1 aliphatic rings. The summed E-state index contributed by atoms with van der Waals surface area (Å²) in [4.78, 5) is 18.3. The number of amides is 1. The van der Waals surface area contributed by atoms with Gasteiger partial charge in [-0.1, -0.05) is 13.8 Å². The highest BCUT2D eigenvalue weighted by Gasteiger charge is 2.21. The third-order valence-corrected chi connectivity index (χ3v) is 2.94. The van der Waals surface area contributed by atoms with Crippen molar-refractivity contribution < 1.29 is 4.79 Å². The van der Waals surface area contributed by atoms with Gasteiger partial charge >= 0.3 is 0 Å². The van der Waals surface area contributed by atoms with E-state index < -0.39 is 0 Å². The first-order chi connectivity index (χ1) is 8.09. The predicted molar refractivity (Wildman–Crippen MR) is 65.7 cm³/mol. The van der Waals surface area contributed by atoms with E-state index in [0.29, 0.717) is 11.6 Å². The Hall–Kier alpha value is -1.36. The summed E-state index contributed by atoms with van der Waals surface area (Å²) in [6.07, 6.45) is 1.70. The number of nitrogens with zero attached hydrogens (tertiary/aromatic N) is 3. The van der Waals surface area contributed by atoms with E-state index in [-0.39, 0.29) is 5.91 Å². The van der Waals surface area contributed by atoms with Crippen LogP contribution in [0, 0.1) is 5.92 Å². The molecule has 1 N–H and O–H groups in total. The van der Waals surface area contributed by atoms with E-state index in [4.69, 9.17) is 0 Å². The Morgan fingerprint density at radius 2 is 2.41 bits per heavy atom. The maximum atomic E-state index is 12.3. The maximum Gasteiger partial charge on any atom is 0.271 e. The summed E-state index contributed by atoms with van der Waals surface area (Å²) in [5, 5.41) is 3.25. The molecule has 0 aromatic carbocycles. The van der Waals surface area contributed by atoms with Crippen molar-refractivity contribution in [2.45, 2.75) is 26.9 Å².